The summed E-state index contributed by atoms with van der Waals surface area (Å²) in [6.45, 7) is 1.74. The van der Waals surface area contributed by atoms with Gasteiger partial charge >= 0.3 is 22.4 Å². The quantitative estimate of drug-likeness (QED) is 0.452. The lowest BCUT2D eigenvalue weighted by Crippen LogP contribution is -2.04. The largest absolute Gasteiger partial charge is 0.462 e. The van der Waals surface area contributed by atoms with Gasteiger partial charge in [0.05, 0.1) is 12.2 Å². The molecule has 0 amide bonds. The van der Waals surface area contributed by atoms with E-state index in [1.807, 2.05) is 0 Å². The van der Waals surface area contributed by atoms with Crippen LogP contribution in [0.5, 0.6) is 0 Å². The summed E-state index contributed by atoms with van der Waals surface area (Å²) in [7, 11) is -4.28. The van der Waals surface area contributed by atoms with Crippen LogP contribution < -0.4 is 0 Å². The smallest absolute Gasteiger partial charge is 0.425 e. The Hall–Kier alpha value is -2.33. The molecule has 0 saturated carbocycles. The van der Waals surface area contributed by atoms with Crippen LogP contribution in [0.2, 0.25) is 0 Å². The lowest BCUT2D eigenvalue weighted by atomic mass is 10.3. The van der Waals surface area contributed by atoms with E-state index < -0.39 is 27.2 Å². The van der Waals surface area contributed by atoms with Crippen molar-refractivity contribution in [3.05, 3.63) is 21.9 Å². The molecule has 0 unspecified atom stereocenters. The van der Waals surface area contributed by atoms with Crippen molar-refractivity contribution in [3.8, 4) is 0 Å². The van der Waals surface area contributed by atoms with Crippen molar-refractivity contribution in [3.63, 3.8) is 0 Å². The third-order valence-electron chi connectivity index (χ3n) is 1.70. The summed E-state index contributed by atoms with van der Waals surface area (Å²) in [6, 6.07) is 0.794. The molecule has 0 saturated heterocycles. The number of alkyl halides is 3. The summed E-state index contributed by atoms with van der Waals surface area (Å²) in [4.78, 5) is 28.7. The Morgan fingerprint density at radius 1 is 1.30 bits per heavy atom. The van der Waals surface area contributed by atoms with Crippen molar-refractivity contribution in [2.24, 2.45) is 8.80 Å². The predicted octanol–water partition coefficient (Wildman–Crippen LogP) is 1.85. The molecule has 0 aliphatic heterocycles. The van der Waals surface area contributed by atoms with Crippen molar-refractivity contribution < 1.29 is 40.7 Å². The van der Waals surface area contributed by atoms with E-state index in [1.54, 1.807) is 6.92 Å². The number of hydrogen-bond acceptors (Lipinski definition) is 7. The normalized spacial score (nSPS) is 10.4. The van der Waals surface area contributed by atoms with Crippen molar-refractivity contribution in [2.75, 3.05) is 6.61 Å². The van der Waals surface area contributed by atoms with Crippen LogP contribution in [0.15, 0.2) is 20.2 Å². The highest BCUT2D eigenvalue weighted by Crippen LogP contribution is 2.34. The molecule has 126 valence electrons. The Bertz CT molecular complexity index is 719. The molecular weight excluding hydrogens is 365 g/mol. The second-order valence-corrected chi connectivity index (χ2v) is 5.40. The standard InChI is InChI=1S/C8H7F3O2S.C2N2O4S/c1-2-13-7(12)5-3-6(14-4-5)8(9,10)11;5-1-3-9(7,8)4-2-6/h3-4H,2H2,1H3;. The van der Waals surface area contributed by atoms with E-state index in [0.29, 0.717) is 23.5 Å². The molecule has 0 aliphatic carbocycles. The van der Waals surface area contributed by atoms with Crippen molar-refractivity contribution in [2.45, 2.75) is 13.1 Å². The number of thiophene rings is 1. The molecule has 0 spiro atoms. The lowest BCUT2D eigenvalue weighted by Gasteiger charge is -2.00. The van der Waals surface area contributed by atoms with Gasteiger partial charge in [-0.3, -0.25) is 0 Å². The summed E-state index contributed by atoms with van der Waals surface area (Å²) < 4.78 is 65.2. The highest BCUT2D eigenvalue weighted by Gasteiger charge is 2.33. The van der Waals surface area contributed by atoms with Gasteiger partial charge in [-0.05, 0) is 13.0 Å². The van der Waals surface area contributed by atoms with Gasteiger partial charge in [0.25, 0.3) is 12.2 Å². The third-order valence-corrected chi connectivity index (χ3v) is 3.28. The van der Waals surface area contributed by atoms with Gasteiger partial charge in [-0.25, -0.2) is 14.4 Å². The molecule has 0 fully saturated rings. The molecule has 23 heavy (non-hydrogen) atoms. The van der Waals surface area contributed by atoms with E-state index in [2.05, 4.69) is 13.5 Å². The Labute approximate surface area is 131 Å². The molecule has 1 rings (SSSR count). The summed E-state index contributed by atoms with van der Waals surface area (Å²) >= 11 is 0.485. The monoisotopic (exact) mass is 372 g/mol. The maximum Gasteiger partial charge on any atom is 0.425 e. The number of esters is 1. The summed E-state index contributed by atoms with van der Waals surface area (Å²) in [5, 5.41) is 1.14. The number of isocyanates is 2. The van der Waals surface area contributed by atoms with E-state index in [-0.39, 0.29) is 12.2 Å². The van der Waals surface area contributed by atoms with E-state index in [4.69, 9.17) is 0 Å². The molecule has 0 radical (unpaired) electrons. The molecule has 0 N–H and O–H groups in total. The Morgan fingerprint density at radius 2 is 1.83 bits per heavy atom. The molecule has 0 bridgehead atoms. The highest BCUT2D eigenvalue weighted by atomic mass is 32.2. The van der Waals surface area contributed by atoms with Crippen LogP contribution in [0.1, 0.15) is 22.2 Å². The maximum atomic E-state index is 12.1. The van der Waals surface area contributed by atoms with Gasteiger partial charge in [0.15, 0.2) is 0 Å². The highest BCUT2D eigenvalue weighted by molar-refractivity contribution is 7.89. The average Bonchev–Trinajstić information content (AvgIpc) is 2.89. The number of rotatable bonds is 4. The molecule has 1 aromatic heterocycles. The SMILES string of the molecule is CCOC(=O)c1csc(C(F)(F)F)c1.O=C=NS(=O)(=O)N=C=O. The van der Waals surface area contributed by atoms with Crippen LogP contribution in [0.25, 0.3) is 0 Å². The first-order valence-corrected chi connectivity index (χ1v) is 7.61. The minimum Gasteiger partial charge on any atom is -0.462 e. The third kappa shape index (κ3) is 8.02. The van der Waals surface area contributed by atoms with Crippen molar-refractivity contribution >= 4 is 39.7 Å². The molecule has 1 heterocycles. The zero-order valence-corrected chi connectivity index (χ0v) is 12.8. The fraction of sp³-hybridized carbons (Fsp3) is 0.300. The van der Waals surface area contributed by atoms with Crippen molar-refractivity contribution in [1.82, 2.24) is 0 Å². The van der Waals surface area contributed by atoms with Crippen LogP contribution in [-0.4, -0.2) is 33.2 Å². The first kappa shape index (κ1) is 20.7. The first-order valence-electron chi connectivity index (χ1n) is 5.33. The Morgan fingerprint density at radius 3 is 2.17 bits per heavy atom. The van der Waals surface area contributed by atoms with Crippen LogP contribution in [0.4, 0.5) is 13.2 Å². The minimum absolute atomic E-state index is 0.0517. The topological polar surface area (TPSA) is 119 Å². The van der Waals surface area contributed by atoms with E-state index in [1.165, 1.54) is 0 Å². The minimum atomic E-state index is -4.39. The fourth-order valence-corrected chi connectivity index (χ4v) is 1.90. The van der Waals surface area contributed by atoms with Gasteiger partial charge in [0, 0.05) is 5.38 Å². The Balaban J connectivity index is 0.000000468. The second kappa shape index (κ2) is 8.96. The molecule has 13 heteroatoms. The van der Waals surface area contributed by atoms with Crippen LogP contribution in [0.3, 0.4) is 0 Å². The summed E-state index contributed by atoms with van der Waals surface area (Å²) in [5.74, 6) is -0.723. The number of halogens is 3. The van der Waals surface area contributed by atoms with Gasteiger partial charge in [-0.1, -0.05) is 8.80 Å². The summed E-state index contributed by atoms with van der Waals surface area (Å²) in [6.07, 6.45) is -2.98. The first-order chi connectivity index (χ1) is 10.6. The molecular formula is C10H7F3N2O6S2. The number of hydrogen-bond donors (Lipinski definition) is 0. The van der Waals surface area contributed by atoms with Gasteiger partial charge in [-0.2, -0.15) is 21.6 Å². The maximum absolute atomic E-state index is 12.1. The van der Waals surface area contributed by atoms with E-state index in [0.717, 1.165) is 11.4 Å². The van der Waals surface area contributed by atoms with E-state index >= 15 is 0 Å². The molecule has 8 nitrogen and oxygen atoms in total. The number of carbonyl (C=O) groups is 1. The Kier molecular flexibility index (Phi) is 8.05. The fourth-order valence-electron chi connectivity index (χ4n) is 0.921. The number of ether oxygens (including phenoxy) is 1. The molecule has 0 aromatic carbocycles. The zero-order valence-electron chi connectivity index (χ0n) is 11.2. The number of nitrogens with zero attached hydrogens (tertiary/aromatic N) is 2. The van der Waals surface area contributed by atoms with E-state index in [9.17, 15) is 36.0 Å². The second-order valence-electron chi connectivity index (χ2n) is 3.23. The van der Waals surface area contributed by atoms with Crippen LogP contribution in [-0.2, 0) is 30.7 Å². The molecule has 1 aromatic rings. The van der Waals surface area contributed by atoms with Crippen LogP contribution >= 0.6 is 11.3 Å². The summed E-state index contributed by atoms with van der Waals surface area (Å²) in [5.41, 5.74) is -0.0517. The van der Waals surface area contributed by atoms with Gasteiger partial charge in [0.1, 0.15) is 4.88 Å². The molecule has 0 atom stereocenters. The van der Waals surface area contributed by atoms with Gasteiger partial charge in [0.2, 0.25) is 0 Å². The van der Waals surface area contributed by atoms with Crippen LogP contribution in [0, 0.1) is 0 Å². The average molecular weight is 372 g/mol. The lowest BCUT2D eigenvalue weighted by molar-refractivity contribution is -0.134. The number of carbonyl (C=O) groups excluding carboxylic acids is 3. The van der Waals surface area contributed by atoms with Gasteiger partial charge in [-0.15, -0.1) is 11.3 Å². The zero-order chi connectivity index (χ0) is 18.1. The van der Waals surface area contributed by atoms with Gasteiger partial charge < -0.3 is 4.74 Å². The van der Waals surface area contributed by atoms with Crippen molar-refractivity contribution in [1.29, 1.82) is 0 Å². The molecule has 0 aliphatic rings. The predicted molar refractivity (Wildman–Crippen MR) is 70.4 cm³/mol.